The number of nitrogens with zero attached hydrogens (tertiary/aromatic N) is 1. The first-order valence-electron chi connectivity index (χ1n) is 5.82. The maximum Gasteiger partial charge on any atom is 0.338 e. The van der Waals surface area contributed by atoms with Crippen LogP contribution in [0.25, 0.3) is 0 Å². The number of hydrogen-bond acceptors (Lipinski definition) is 3. The van der Waals surface area contributed by atoms with Gasteiger partial charge in [0.1, 0.15) is 5.00 Å². The van der Waals surface area contributed by atoms with E-state index < -0.39 is 5.97 Å². The van der Waals surface area contributed by atoms with E-state index in [0.29, 0.717) is 24.0 Å². The molecular weight excluding hydrogens is 252 g/mol. The highest BCUT2D eigenvalue weighted by molar-refractivity contribution is 7.14. The first-order chi connectivity index (χ1) is 8.45. The molecule has 1 heterocycles. The van der Waals surface area contributed by atoms with Gasteiger partial charge in [0.25, 0.3) is 0 Å². The summed E-state index contributed by atoms with van der Waals surface area (Å²) in [6.45, 7) is 7.20. The number of carboxylic acid groups (broad SMARTS) is 1. The van der Waals surface area contributed by atoms with E-state index in [1.165, 1.54) is 17.4 Å². The van der Waals surface area contributed by atoms with E-state index in [4.69, 9.17) is 5.11 Å². The first kappa shape index (κ1) is 14.5. The predicted molar refractivity (Wildman–Crippen MR) is 72.4 cm³/mol. The summed E-state index contributed by atoms with van der Waals surface area (Å²) in [7, 11) is 0. The standard InChI is InChI=1S/C12H18N2O3S/c1-4-14(7-8(2)3)12(17)13-10-9(11(15)16)5-6-18-10/h5-6,8H,4,7H2,1-3H3,(H,13,17)(H,15,16). The zero-order valence-corrected chi connectivity index (χ0v) is 11.6. The van der Waals surface area contributed by atoms with Crippen molar-refractivity contribution in [2.75, 3.05) is 18.4 Å². The highest BCUT2D eigenvalue weighted by atomic mass is 32.1. The number of nitrogens with one attached hydrogen (secondary N) is 1. The molecule has 0 saturated heterocycles. The van der Waals surface area contributed by atoms with Gasteiger partial charge in [-0.25, -0.2) is 9.59 Å². The summed E-state index contributed by atoms with van der Waals surface area (Å²) in [6.07, 6.45) is 0. The van der Waals surface area contributed by atoms with Crippen LogP contribution in [0.3, 0.4) is 0 Å². The second kappa shape index (κ2) is 6.39. The summed E-state index contributed by atoms with van der Waals surface area (Å²) >= 11 is 1.21. The summed E-state index contributed by atoms with van der Waals surface area (Å²) in [4.78, 5) is 24.6. The Kier molecular flexibility index (Phi) is 5.15. The van der Waals surface area contributed by atoms with Gasteiger partial charge in [0.2, 0.25) is 0 Å². The van der Waals surface area contributed by atoms with Gasteiger partial charge in [0, 0.05) is 13.1 Å². The zero-order chi connectivity index (χ0) is 13.7. The van der Waals surface area contributed by atoms with Gasteiger partial charge in [-0.2, -0.15) is 0 Å². The van der Waals surface area contributed by atoms with E-state index in [1.807, 2.05) is 20.8 Å². The van der Waals surface area contributed by atoms with Crippen LogP contribution in [0.1, 0.15) is 31.1 Å². The third-order valence-corrected chi connectivity index (χ3v) is 3.20. The van der Waals surface area contributed by atoms with Gasteiger partial charge in [-0.3, -0.25) is 5.32 Å². The van der Waals surface area contributed by atoms with Gasteiger partial charge in [-0.15, -0.1) is 11.3 Å². The lowest BCUT2D eigenvalue weighted by Gasteiger charge is -2.23. The molecule has 1 aromatic rings. The Morgan fingerprint density at radius 1 is 1.50 bits per heavy atom. The normalized spacial score (nSPS) is 10.4. The Hall–Kier alpha value is -1.56. The number of hydrogen-bond donors (Lipinski definition) is 2. The molecule has 0 bridgehead atoms. The number of amides is 2. The van der Waals surface area contributed by atoms with Crippen LogP contribution in [0, 0.1) is 5.92 Å². The molecule has 18 heavy (non-hydrogen) atoms. The predicted octanol–water partition coefficient (Wildman–Crippen LogP) is 2.96. The lowest BCUT2D eigenvalue weighted by Crippen LogP contribution is -2.37. The molecule has 2 amide bonds. The lowest BCUT2D eigenvalue weighted by molar-refractivity contribution is 0.0698. The molecule has 0 atom stereocenters. The van der Waals surface area contributed by atoms with E-state index in [0.717, 1.165) is 0 Å². The quantitative estimate of drug-likeness (QED) is 0.864. The number of anilines is 1. The van der Waals surface area contributed by atoms with Gasteiger partial charge >= 0.3 is 12.0 Å². The summed E-state index contributed by atoms with van der Waals surface area (Å²) in [5, 5.41) is 13.6. The highest BCUT2D eigenvalue weighted by Crippen LogP contribution is 2.23. The van der Waals surface area contributed by atoms with Crippen LogP contribution in [0.5, 0.6) is 0 Å². The summed E-state index contributed by atoms with van der Waals surface area (Å²) in [5.74, 6) is -0.656. The van der Waals surface area contributed by atoms with Crippen molar-refractivity contribution < 1.29 is 14.7 Å². The monoisotopic (exact) mass is 270 g/mol. The number of urea groups is 1. The molecule has 0 fully saturated rings. The Labute approximate surface area is 110 Å². The summed E-state index contributed by atoms with van der Waals surface area (Å²) in [6, 6.07) is 1.23. The average molecular weight is 270 g/mol. The highest BCUT2D eigenvalue weighted by Gasteiger charge is 2.17. The SMILES string of the molecule is CCN(CC(C)C)C(=O)Nc1sccc1C(=O)O. The minimum Gasteiger partial charge on any atom is -0.478 e. The number of carboxylic acids is 1. The molecule has 1 rings (SSSR count). The fourth-order valence-electron chi connectivity index (χ4n) is 1.55. The lowest BCUT2D eigenvalue weighted by atomic mass is 10.2. The minimum absolute atomic E-state index is 0.133. The van der Waals surface area contributed by atoms with Crippen LogP contribution in [0.15, 0.2) is 11.4 Å². The van der Waals surface area contributed by atoms with Crippen LogP contribution in [0.2, 0.25) is 0 Å². The fraction of sp³-hybridized carbons (Fsp3) is 0.500. The van der Waals surface area contributed by atoms with Crippen LogP contribution in [-0.2, 0) is 0 Å². The van der Waals surface area contributed by atoms with E-state index in [9.17, 15) is 9.59 Å². The Morgan fingerprint density at radius 2 is 2.17 bits per heavy atom. The molecule has 0 aliphatic rings. The Balaban J connectivity index is 2.73. The van der Waals surface area contributed by atoms with Crippen molar-refractivity contribution >= 4 is 28.3 Å². The van der Waals surface area contributed by atoms with Gasteiger partial charge in [0.15, 0.2) is 0 Å². The number of rotatable bonds is 5. The van der Waals surface area contributed by atoms with Crippen LogP contribution < -0.4 is 5.32 Å². The van der Waals surface area contributed by atoms with Crippen molar-refractivity contribution in [3.63, 3.8) is 0 Å². The van der Waals surface area contributed by atoms with Crippen LogP contribution in [0.4, 0.5) is 9.80 Å². The molecule has 0 unspecified atom stereocenters. The van der Waals surface area contributed by atoms with Crippen molar-refractivity contribution in [1.82, 2.24) is 4.90 Å². The molecular formula is C12H18N2O3S. The number of carbonyl (C=O) groups excluding carboxylic acids is 1. The minimum atomic E-state index is -1.03. The molecule has 2 N–H and O–H groups in total. The van der Waals surface area contributed by atoms with Crippen LogP contribution >= 0.6 is 11.3 Å². The van der Waals surface area contributed by atoms with E-state index in [-0.39, 0.29) is 11.6 Å². The van der Waals surface area contributed by atoms with Crippen molar-refractivity contribution in [2.24, 2.45) is 5.92 Å². The van der Waals surface area contributed by atoms with Crippen molar-refractivity contribution in [3.8, 4) is 0 Å². The third-order valence-electron chi connectivity index (χ3n) is 2.37. The maximum absolute atomic E-state index is 12.0. The topological polar surface area (TPSA) is 69.6 Å². The van der Waals surface area contributed by atoms with Crippen molar-refractivity contribution in [1.29, 1.82) is 0 Å². The first-order valence-corrected chi connectivity index (χ1v) is 6.70. The number of carbonyl (C=O) groups is 2. The molecule has 6 heteroatoms. The Morgan fingerprint density at radius 3 is 2.67 bits per heavy atom. The molecule has 1 aromatic heterocycles. The van der Waals surface area contributed by atoms with E-state index >= 15 is 0 Å². The number of thiophene rings is 1. The smallest absolute Gasteiger partial charge is 0.338 e. The molecule has 0 aliphatic carbocycles. The molecule has 0 spiro atoms. The average Bonchev–Trinajstić information content (AvgIpc) is 2.73. The van der Waals surface area contributed by atoms with Gasteiger partial charge in [0.05, 0.1) is 5.56 Å². The van der Waals surface area contributed by atoms with Crippen LogP contribution in [-0.4, -0.2) is 35.1 Å². The second-order valence-corrected chi connectivity index (χ2v) is 5.25. The summed E-state index contributed by atoms with van der Waals surface area (Å²) < 4.78 is 0. The van der Waals surface area contributed by atoms with E-state index in [2.05, 4.69) is 5.32 Å². The fourth-order valence-corrected chi connectivity index (χ4v) is 2.32. The van der Waals surface area contributed by atoms with Crippen molar-refractivity contribution in [3.05, 3.63) is 17.0 Å². The largest absolute Gasteiger partial charge is 0.478 e. The van der Waals surface area contributed by atoms with Crippen molar-refractivity contribution in [2.45, 2.75) is 20.8 Å². The molecule has 0 saturated carbocycles. The Bertz CT molecular complexity index is 429. The molecule has 0 aromatic carbocycles. The second-order valence-electron chi connectivity index (χ2n) is 4.33. The third kappa shape index (κ3) is 3.73. The molecule has 0 radical (unpaired) electrons. The van der Waals surface area contributed by atoms with Gasteiger partial charge in [-0.1, -0.05) is 13.8 Å². The summed E-state index contributed by atoms with van der Waals surface area (Å²) in [5.41, 5.74) is 0.133. The molecule has 5 nitrogen and oxygen atoms in total. The molecule has 0 aliphatic heterocycles. The zero-order valence-electron chi connectivity index (χ0n) is 10.8. The van der Waals surface area contributed by atoms with Gasteiger partial charge < -0.3 is 10.0 Å². The molecule has 100 valence electrons. The van der Waals surface area contributed by atoms with Gasteiger partial charge in [-0.05, 0) is 24.3 Å². The number of aromatic carboxylic acids is 1. The van der Waals surface area contributed by atoms with E-state index in [1.54, 1.807) is 10.3 Å². The maximum atomic E-state index is 12.0.